The monoisotopic (exact) mass is 409 g/mol. The topological polar surface area (TPSA) is 118 Å². The van der Waals surface area contributed by atoms with Crippen LogP contribution in [0.25, 0.3) is 0 Å². The third-order valence-corrected chi connectivity index (χ3v) is 4.41. The molecule has 0 spiro atoms. The van der Waals surface area contributed by atoms with Crippen LogP contribution in [0.4, 0.5) is 0 Å². The van der Waals surface area contributed by atoms with E-state index in [1.54, 1.807) is 12.1 Å². The van der Waals surface area contributed by atoms with Crippen LogP contribution < -0.4 is 63.9 Å². The quantitative estimate of drug-likeness (QED) is 0.177. The van der Waals surface area contributed by atoms with Gasteiger partial charge in [0, 0.05) is 0 Å². The van der Waals surface area contributed by atoms with Crippen molar-refractivity contribution in [2.45, 2.75) is 4.90 Å². The van der Waals surface area contributed by atoms with E-state index in [4.69, 9.17) is 9.29 Å². The summed E-state index contributed by atoms with van der Waals surface area (Å²) in [7, 11) is -4.60. The molecule has 0 aromatic heterocycles. The molecule has 1 aliphatic rings. The fourth-order valence-electron chi connectivity index (χ4n) is 2.41. The van der Waals surface area contributed by atoms with Gasteiger partial charge in [-0.15, -0.1) is 0 Å². The smallest absolute Gasteiger partial charge is 1.00 e. The van der Waals surface area contributed by atoms with E-state index in [-0.39, 0.29) is 73.1 Å². The molecule has 2 amide bonds. The molecule has 1 aliphatic heterocycles. The third-order valence-electron chi connectivity index (χ3n) is 3.52. The van der Waals surface area contributed by atoms with Gasteiger partial charge in [-0.05, 0) is 24.3 Å². The summed E-state index contributed by atoms with van der Waals surface area (Å²) < 4.78 is 36.6. The maximum absolute atomic E-state index is 12.2. The van der Waals surface area contributed by atoms with Crippen molar-refractivity contribution >= 4 is 27.9 Å². The molecule has 0 radical (unpaired) electrons. The number of amides is 2. The summed E-state index contributed by atoms with van der Waals surface area (Å²) in [4.78, 5) is 36.5. The summed E-state index contributed by atoms with van der Waals surface area (Å²) in [5.41, 5.74) is 0.359. The largest absolute Gasteiger partial charge is 1.00 e. The fourth-order valence-corrected chi connectivity index (χ4v) is 3.03. The molecule has 3 rings (SSSR count). The van der Waals surface area contributed by atoms with Gasteiger partial charge in [-0.1, -0.05) is 24.3 Å². The van der Waals surface area contributed by atoms with Crippen LogP contribution in [0.2, 0.25) is 0 Å². The zero-order valence-electron chi connectivity index (χ0n) is 16.6. The van der Waals surface area contributed by atoms with Crippen molar-refractivity contribution in [1.82, 2.24) is 4.90 Å². The Kier molecular flexibility index (Phi) is 8.39. The predicted molar refractivity (Wildman–Crippen MR) is 85.9 cm³/mol. The second kappa shape index (κ2) is 9.44. The van der Waals surface area contributed by atoms with E-state index in [1.807, 2.05) is 0 Å². The van der Waals surface area contributed by atoms with Crippen molar-refractivity contribution in [2.75, 3.05) is 6.54 Å². The molecule has 0 unspecified atom stereocenters. The number of nitrogens with zero attached hydrogens (tertiary/aromatic N) is 1. The van der Waals surface area contributed by atoms with Crippen molar-refractivity contribution in [3.05, 3.63) is 59.7 Å². The molecular weight excluding hydrogens is 396 g/mol. The molecule has 0 saturated heterocycles. The van der Waals surface area contributed by atoms with Gasteiger partial charge < -0.3 is 7.59 Å². The Morgan fingerprint density at radius 2 is 1.44 bits per heavy atom. The van der Waals surface area contributed by atoms with Crippen LogP contribution in [0.15, 0.2) is 53.4 Å². The third kappa shape index (κ3) is 5.07. The van der Waals surface area contributed by atoms with Crippen molar-refractivity contribution < 1.29 is 94.1 Å². The summed E-state index contributed by atoms with van der Waals surface area (Å²) in [5.74, 6) is -2.70. The van der Waals surface area contributed by atoms with Crippen LogP contribution in [-0.4, -0.2) is 42.2 Å². The minimum atomic E-state index is -4.60. The molecule has 0 bridgehead atoms. The molecular formula is C16H13NNa2O7S. The first kappa shape index (κ1) is 24.0. The fraction of sp³-hybridized carbons (Fsp3) is 0.0625. The van der Waals surface area contributed by atoms with Gasteiger partial charge in [0.25, 0.3) is 21.9 Å². The van der Waals surface area contributed by atoms with Crippen LogP contribution in [0.5, 0.6) is 5.75 Å². The number of ether oxygens (including phenoxy) is 1. The normalized spacial score (nSPS) is 12.7. The van der Waals surface area contributed by atoms with E-state index < -0.39 is 45.1 Å². The van der Waals surface area contributed by atoms with Crippen molar-refractivity contribution in [3.63, 3.8) is 0 Å². The van der Waals surface area contributed by atoms with E-state index in [2.05, 4.69) is 0 Å². The molecule has 0 fully saturated rings. The Labute approximate surface area is 202 Å². The maximum Gasteiger partial charge on any atom is 1.00 e. The van der Waals surface area contributed by atoms with Crippen LogP contribution in [-0.2, 0) is 14.9 Å². The summed E-state index contributed by atoms with van der Waals surface area (Å²) in [6, 6.07) is 11.1. The Morgan fingerprint density at radius 3 is 1.96 bits per heavy atom. The van der Waals surface area contributed by atoms with E-state index in [1.165, 1.54) is 30.3 Å². The van der Waals surface area contributed by atoms with Crippen molar-refractivity contribution in [1.29, 1.82) is 0 Å². The number of hydrogen-bond acceptors (Lipinski definition) is 6. The van der Waals surface area contributed by atoms with Gasteiger partial charge in [-0.25, -0.2) is 4.79 Å². The number of carbonyl (C=O) groups excluding carboxylic acids is 3. The maximum atomic E-state index is 12.2. The Hall–Kier alpha value is -1.04. The summed E-state index contributed by atoms with van der Waals surface area (Å²) in [6.45, 7) is -0.688. The van der Waals surface area contributed by atoms with Crippen molar-refractivity contribution in [3.8, 4) is 5.75 Å². The first-order valence-electron chi connectivity index (χ1n) is 7.01. The molecule has 2 aromatic carbocycles. The number of fused-ring (bicyclic) bond motifs is 1. The summed E-state index contributed by atoms with van der Waals surface area (Å²) >= 11 is 0. The zero-order valence-corrected chi connectivity index (χ0v) is 19.4. The van der Waals surface area contributed by atoms with Crippen LogP contribution in [0.1, 0.15) is 23.6 Å². The van der Waals surface area contributed by atoms with E-state index in [0.29, 0.717) is 4.90 Å². The number of hydrogen-bond donors (Lipinski definition) is 1. The van der Waals surface area contributed by atoms with Crippen LogP contribution in [0, 0.1) is 0 Å². The Balaban J connectivity index is 0. The molecule has 2 aromatic rings. The Bertz CT molecular complexity index is 983. The Morgan fingerprint density at radius 1 is 0.963 bits per heavy atom. The van der Waals surface area contributed by atoms with Crippen molar-refractivity contribution in [2.24, 2.45) is 0 Å². The molecule has 27 heavy (non-hydrogen) atoms. The molecule has 8 nitrogen and oxygen atoms in total. The predicted octanol–water partition coefficient (Wildman–Crippen LogP) is -4.63. The van der Waals surface area contributed by atoms with E-state index in [0.717, 1.165) is 6.07 Å². The number of benzene rings is 2. The molecule has 0 aliphatic carbocycles. The molecule has 1 heterocycles. The minimum Gasteiger partial charge on any atom is -1.00 e. The minimum absolute atomic E-state index is 0. The molecule has 0 atom stereocenters. The van der Waals surface area contributed by atoms with Gasteiger partial charge in [0.1, 0.15) is 11.4 Å². The van der Waals surface area contributed by atoms with Crippen LogP contribution >= 0.6 is 0 Å². The average Bonchev–Trinajstić information content (AvgIpc) is 2.80. The number of imide groups is 1. The summed E-state index contributed by atoms with van der Waals surface area (Å²) in [5, 5.41) is 0. The van der Waals surface area contributed by atoms with Gasteiger partial charge in [-0.2, -0.15) is 8.42 Å². The van der Waals surface area contributed by atoms with Gasteiger partial charge in [0.05, 0.1) is 11.1 Å². The zero-order chi connectivity index (χ0) is 18.2. The second-order valence-electron chi connectivity index (χ2n) is 5.14. The molecule has 1 N–H and O–H groups in total. The first-order chi connectivity index (χ1) is 11.8. The van der Waals surface area contributed by atoms with Gasteiger partial charge in [-0.3, -0.25) is 19.0 Å². The second-order valence-corrected chi connectivity index (χ2v) is 6.53. The average molecular weight is 409 g/mol. The van der Waals surface area contributed by atoms with Gasteiger partial charge in [0.15, 0.2) is 5.75 Å². The first-order valence-corrected chi connectivity index (χ1v) is 8.45. The SMILES string of the molecule is O=C(CN1C(=O)c2ccccc2C1=O)Oc1ccccc1S(=O)(=O)O.[H-].[H-].[Na+].[Na+]. The number of esters is 1. The molecule has 0 saturated carbocycles. The number of para-hydroxylation sites is 1. The van der Waals surface area contributed by atoms with Gasteiger partial charge >= 0.3 is 65.1 Å². The van der Waals surface area contributed by atoms with Gasteiger partial charge in [0.2, 0.25) is 0 Å². The van der Waals surface area contributed by atoms with Crippen LogP contribution in [0.3, 0.4) is 0 Å². The van der Waals surface area contributed by atoms with E-state index in [9.17, 15) is 22.8 Å². The summed E-state index contributed by atoms with van der Waals surface area (Å²) in [6.07, 6.45) is 0. The molecule has 132 valence electrons. The number of carbonyl (C=O) groups is 3. The standard InChI is InChI=1S/C16H11NO7S.2Na.2H/c18-14(24-12-7-3-4-8-13(12)25(21,22)23)9-17-15(19)10-5-1-2-6-11(10)16(17)20;;;;/h1-8H,9H2,(H,21,22,23);;;;/q;2*+1;2*-1. The number of rotatable bonds is 4. The van der Waals surface area contributed by atoms with E-state index >= 15 is 0 Å². The molecule has 11 heteroatoms.